The monoisotopic (exact) mass is 428 g/mol. The predicted molar refractivity (Wildman–Crippen MR) is 101 cm³/mol. The minimum absolute atomic E-state index is 0.00626. The fourth-order valence-electron chi connectivity index (χ4n) is 2.28. The molecule has 2 N–H and O–H groups in total. The molecule has 12 heteroatoms. The van der Waals surface area contributed by atoms with Crippen molar-refractivity contribution in [3.05, 3.63) is 42.5 Å². The number of ether oxygens (including phenoxy) is 1. The molecule has 1 aromatic heterocycles. The van der Waals surface area contributed by atoms with Gasteiger partial charge in [-0.2, -0.15) is 8.75 Å². The Morgan fingerprint density at radius 2 is 1.59 bits per heavy atom. The Morgan fingerprint density at radius 1 is 0.926 bits per heavy atom. The minimum atomic E-state index is -3.85. The molecule has 0 amide bonds. The van der Waals surface area contributed by atoms with E-state index in [4.69, 9.17) is 4.74 Å². The molecule has 3 aromatic rings. The van der Waals surface area contributed by atoms with Gasteiger partial charge in [-0.1, -0.05) is 6.07 Å². The quantitative estimate of drug-likeness (QED) is 0.512. The summed E-state index contributed by atoms with van der Waals surface area (Å²) in [4.78, 5) is 0.0660. The van der Waals surface area contributed by atoms with Crippen LogP contribution in [-0.2, 0) is 20.0 Å². The summed E-state index contributed by atoms with van der Waals surface area (Å²) >= 11 is 0.922. The largest absolute Gasteiger partial charge is 0.497 e. The van der Waals surface area contributed by atoms with E-state index in [1.165, 1.54) is 37.4 Å². The highest BCUT2D eigenvalue weighted by Gasteiger charge is 2.20. The lowest BCUT2D eigenvalue weighted by atomic mass is 10.3. The standard InChI is InChI=1S/C15H16N4O5S3/c1-24-11-5-7-12(8-6-11)26(20,21)16-9-10-17-27(22,23)14-4-2-3-13-15(14)19-25-18-13/h2-8,16-17H,9-10H2,1H3. The van der Waals surface area contributed by atoms with Crippen LogP contribution in [-0.4, -0.2) is 45.8 Å². The van der Waals surface area contributed by atoms with Crippen LogP contribution in [0.4, 0.5) is 0 Å². The zero-order chi connectivity index (χ0) is 19.5. The number of benzene rings is 2. The molecule has 0 spiro atoms. The van der Waals surface area contributed by atoms with Crippen LogP contribution in [0.3, 0.4) is 0 Å². The lowest BCUT2D eigenvalue weighted by molar-refractivity contribution is 0.414. The van der Waals surface area contributed by atoms with Crippen molar-refractivity contribution < 1.29 is 21.6 Å². The highest BCUT2D eigenvalue weighted by Crippen LogP contribution is 2.20. The maximum absolute atomic E-state index is 12.4. The van der Waals surface area contributed by atoms with Gasteiger partial charge in [0.1, 0.15) is 21.7 Å². The van der Waals surface area contributed by atoms with Gasteiger partial charge in [0, 0.05) is 13.1 Å². The second kappa shape index (κ2) is 7.86. The van der Waals surface area contributed by atoms with Crippen molar-refractivity contribution >= 4 is 42.8 Å². The zero-order valence-electron chi connectivity index (χ0n) is 14.1. The van der Waals surface area contributed by atoms with Crippen LogP contribution in [0.5, 0.6) is 5.75 Å². The molecule has 1 heterocycles. The van der Waals surface area contributed by atoms with E-state index in [9.17, 15) is 16.8 Å². The van der Waals surface area contributed by atoms with E-state index in [0.29, 0.717) is 11.3 Å². The molecule has 0 saturated carbocycles. The Bertz CT molecular complexity index is 1140. The lowest BCUT2D eigenvalue weighted by Crippen LogP contribution is -2.34. The molecule has 2 aromatic carbocycles. The van der Waals surface area contributed by atoms with Crippen LogP contribution in [0.15, 0.2) is 52.3 Å². The van der Waals surface area contributed by atoms with Gasteiger partial charge in [0.15, 0.2) is 0 Å². The Labute approximate surface area is 160 Å². The number of rotatable bonds is 8. The number of hydrogen-bond acceptors (Lipinski definition) is 8. The summed E-state index contributed by atoms with van der Waals surface area (Å²) < 4.78 is 67.0. The maximum atomic E-state index is 12.4. The SMILES string of the molecule is COc1ccc(S(=O)(=O)NCCNS(=O)(=O)c2cccc3nsnc23)cc1. The van der Waals surface area contributed by atoms with Crippen LogP contribution in [0, 0.1) is 0 Å². The van der Waals surface area contributed by atoms with Crippen molar-refractivity contribution in [1.29, 1.82) is 0 Å². The topological polar surface area (TPSA) is 127 Å². The highest BCUT2D eigenvalue weighted by molar-refractivity contribution is 7.90. The Morgan fingerprint density at radius 3 is 2.26 bits per heavy atom. The molecule has 0 saturated heterocycles. The van der Waals surface area contributed by atoms with Crippen molar-refractivity contribution in [2.45, 2.75) is 9.79 Å². The first kappa shape index (κ1) is 19.6. The summed E-state index contributed by atoms with van der Waals surface area (Å²) in [7, 11) is -6.12. The van der Waals surface area contributed by atoms with Crippen molar-refractivity contribution in [2.75, 3.05) is 20.2 Å². The number of hydrogen-bond donors (Lipinski definition) is 2. The van der Waals surface area contributed by atoms with E-state index in [1.54, 1.807) is 12.1 Å². The Kier molecular flexibility index (Phi) is 5.72. The first-order valence-electron chi connectivity index (χ1n) is 7.68. The molecule has 144 valence electrons. The highest BCUT2D eigenvalue weighted by atomic mass is 32.2. The zero-order valence-corrected chi connectivity index (χ0v) is 16.6. The van der Waals surface area contributed by atoms with Gasteiger partial charge < -0.3 is 4.74 Å². The van der Waals surface area contributed by atoms with Gasteiger partial charge in [0.25, 0.3) is 0 Å². The van der Waals surface area contributed by atoms with Gasteiger partial charge in [-0.15, -0.1) is 0 Å². The number of methoxy groups -OCH3 is 1. The number of aromatic nitrogens is 2. The van der Waals surface area contributed by atoms with Crippen molar-refractivity contribution in [1.82, 2.24) is 18.2 Å². The van der Waals surface area contributed by atoms with Gasteiger partial charge >= 0.3 is 0 Å². The summed E-state index contributed by atoms with van der Waals surface area (Å²) in [5, 5.41) is 0. The fraction of sp³-hybridized carbons (Fsp3) is 0.200. The summed E-state index contributed by atoms with van der Waals surface area (Å²) in [6, 6.07) is 10.5. The fourth-order valence-corrected chi connectivity index (χ4v) is 5.11. The molecule has 0 aliphatic carbocycles. The Hall–Kier alpha value is -2.12. The van der Waals surface area contributed by atoms with Crippen LogP contribution in [0.25, 0.3) is 11.0 Å². The van der Waals surface area contributed by atoms with Crippen LogP contribution in [0.1, 0.15) is 0 Å². The molecule has 0 aliphatic heterocycles. The predicted octanol–water partition coefficient (Wildman–Crippen LogP) is 0.957. The van der Waals surface area contributed by atoms with Gasteiger partial charge in [-0.3, -0.25) is 0 Å². The van der Waals surface area contributed by atoms with E-state index < -0.39 is 20.0 Å². The molecular formula is C15H16N4O5S3. The van der Waals surface area contributed by atoms with E-state index in [2.05, 4.69) is 18.2 Å². The molecule has 0 radical (unpaired) electrons. The summed E-state index contributed by atoms with van der Waals surface area (Å²) in [5.41, 5.74) is 0.775. The molecule has 9 nitrogen and oxygen atoms in total. The van der Waals surface area contributed by atoms with E-state index in [1.807, 2.05) is 0 Å². The van der Waals surface area contributed by atoms with Crippen molar-refractivity contribution in [2.24, 2.45) is 0 Å². The third kappa shape index (κ3) is 4.42. The average Bonchev–Trinajstić information content (AvgIpc) is 3.14. The second-order valence-electron chi connectivity index (χ2n) is 5.36. The summed E-state index contributed by atoms with van der Waals surface area (Å²) in [5.74, 6) is 0.535. The average molecular weight is 429 g/mol. The maximum Gasteiger partial charge on any atom is 0.242 e. The van der Waals surface area contributed by atoms with Crippen LogP contribution in [0.2, 0.25) is 0 Å². The first-order valence-corrected chi connectivity index (χ1v) is 11.4. The van der Waals surface area contributed by atoms with E-state index >= 15 is 0 Å². The molecule has 0 aliphatic rings. The first-order chi connectivity index (χ1) is 12.8. The smallest absolute Gasteiger partial charge is 0.242 e. The molecule has 0 atom stereocenters. The van der Waals surface area contributed by atoms with Gasteiger partial charge in [-0.05, 0) is 36.4 Å². The number of fused-ring (bicyclic) bond motifs is 1. The number of sulfonamides is 2. The second-order valence-corrected chi connectivity index (χ2v) is 9.39. The lowest BCUT2D eigenvalue weighted by Gasteiger charge is -2.09. The summed E-state index contributed by atoms with van der Waals surface area (Å²) in [6.07, 6.45) is 0. The van der Waals surface area contributed by atoms with Gasteiger partial charge in [0.2, 0.25) is 20.0 Å². The third-order valence-corrected chi connectivity index (χ3v) is 7.13. The number of nitrogens with zero attached hydrogens (tertiary/aromatic N) is 2. The third-order valence-electron chi connectivity index (χ3n) is 3.62. The summed E-state index contributed by atoms with van der Waals surface area (Å²) in [6.45, 7) is -0.232. The Balaban J connectivity index is 1.63. The van der Waals surface area contributed by atoms with Gasteiger partial charge in [-0.25, -0.2) is 26.3 Å². The van der Waals surface area contributed by atoms with E-state index in [-0.39, 0.29) is 28.4 Å². The molecule has 0 bridgehead atoms. The minimum Gasteiger partial charge on any atom is -0.497 e. The van der Waals surface area contributed by atoms with E-state index in [0.717, 1.165) is 11.7 Å². The normalized spacial score (nSPS) is 12.3. The van der Waals surface area contributed by atoms with Crippen molar-refractivity contribution in [3.63, 3.8) is 0 Å². The van der Waals surface area contributed by atoms with Gasteiger partial charge in [0.05, 0.1) is 23.7 Å². The molecule has 3 rings (SSSR count). The molecule has 27 heavy (non-hydrogen) atoms. The molecule has 0 fully saturated rings. The molecule has 0 unspecified atom stereocenters. The van der Waals surface area contributed by atoms with Crippen LogP contribution >= 0.6 is 11.7 Å². The number of nitrogens with one attached hydrogen (secondary N) is 2. The molecular weight excluding hydrogens is 412 g/mol. The van der Waals surface area contributed by atoms with Crippen molar-refractivity contribution in [3.8, 4) is 5.75 Å². The van der Waals surface area contributed by atoms with Crippen LogP contribution < -0.4 is 14.2 Å².